The van der Waals surface area contributed by atoms with E-state index in [9.17, 15) is 4.39 Å². The number of halogens is 1. The number of nitrogens with one attached hydrogen (secondary N) is 1. The molecule has 0 aliphatic carbocycles. The molecule has 0 aromatic heterocycles. The zero-order chi connectivity index (χ0) is 13.1. The first-order valence-corrected chi connectivity index (χ1v) is 7.00. The van der Waals surface area contributed by atoms with Crippen LogP contribution in [-0.2, 0) is 11.2 Å². The van der Waals surface area contributed by atoms with Crippen LogP contribution in [0.3, 0.4) is 0 Å². The van der Waals surface area contributed by atoms with Gasteiger partial charge in [-0.1, -0.05) is 24.6 Å². The summed E-state index contributed by atoms with van der Waals surface area (Å²) in [6.45, 7) is 1.60. The number of rotatable bonds is 3. The van der Waals surface area contributed by atoms with Gasteiger partial charge in [-0.25, -0.2) is 9.38 Å². The topological polar surface area (TPSA) is 33.6 Å². The van der Waals surface area contributed by atoms with Gasteiger partial charge in [-0.05, 0) is 31.0 Å². The minimum absolute atomic E-state index is 0.0515. The van der Waals surface area contributed by atoms with Crippen molar-refractivity contribution in [2.45, 2.75) is 37.8 Å². The van der Waals surface area contributed by atoms with Gasteiger partial charge in [-0.3, -0.25) is 0 Å². The molecule has 102 valence electrons. The van der Waals surface area contributed by atoms with Crippen LogP contribution < -0.4 is 5.32 Å². The van der Waals surface area contributed by atoms with Crippen molar-refractivity contribution in [3.8, 4) is 0 Å². The SMILES string of the molecule is Fc1ccccc1CC1COC(C2CCCCN2)=N1. The fourth-order valence-electron chi connectivity index (χ4n) is 2.71. The highest BCUT2D eigenvalue weighted by molar-refractivity contribution is 5.83. The Kier molecular flexibility index (Phi) is 3.78. The van der Waals surface area contributed by atoms with Crippen molar-refractivity contribution in [1.29, 1.82) is 0 Å². The summed E-state index contributed by atoms with van der Waals surface area (Å²) in [5.41, 5.74) is 0.720. The quantitative estimate of drug-likeness (QED) is 0.907. The number of aliphatic imine (C=N–C) groups is 1. The van der Waals surface area contributed by atoms with Crippen molar-refractivity contribution in [1.82, 2.24) is 5.32 Å². The molecule has 2 aliphatic rings. The summed E-state index contributed by atoms with van der Waals surface area (Å²) in [6.07, 6.45) is 4.15. The molecule has 1 saturated heterocycles. The van der Waals surface area contributed by atoms with Gasteiger partial charge in [0.05, 0.1) is 12.1 Å². The Labute approximate surface area is 112 Å². The van der Waals surface area contributed by atoms with Crippen LogP contribution in [0.5, 0.6) is 0 Å². The van der Waals surface area contributed by atoms with Crippen LogP contribution in [0.1, 0.15) is 24.8 Å². The summed E-state index contributed by atoms with van der Waals surface area (Å²) >= 11 is 0. The van der Waals surface area contributed by atoms with Crippen molar-refractivity contribution < 1.29 is 9.13 Å². The molecule has 4 heteroatoms. The molecular weight excluding hydrogens is 243 g/mol. The minimum Gasteiger partial charge on any atom is -0.478 e. The number of ether oxygens (including phenoxy) is 1. The van der Waals surface area contributed by atoms with Crippen molar-refractivity contribution in [3.05, 3.63) is 35.6 Å². The number of hydrogen-bond donors (Lipinski definition) is 1. The van der Waals surface area contributed by atoms with Gasteiger partial charge in [-0.2, -0.15) is 0 Å². The first kappa shape index (κ1) is 12.6. The zero-order valence-corrected chi connectivity index (χ0v) is 10.9. The number of hydrogen-bond acceptors (Lipinski definition) is 3. The molecule has 0 bridgehead atoms. The van der Waals surface area contributed by atoms with Crippen LogP contribution >= 0.6 is 0 Å². The largest absolute Gasteiger partial charge is 0.478 e. The fourth-order valence-corrected chi connectivity index (χ4v) is 2.71. The van der Waals surface area contributed by atoms with E-state index in [0.717, 1.165) is 24.4 Å². The number of benzene rings is 1. The van der Waals surface area contributed by atoms with Crippen molar-refractivity contribution in [2.75, 3.05) is 13.2 Å². The summed E-state index contributed by atoms with van der Waals surface area (Å²) in [7, 11) is 0. The van der Waals surface area contributed by atoms with Gasteiger partial charge in [0.1, 0.15) is 12.4 Å². The van der Waals surface area contributed by atoms with Crippen LogP contribution in [-0.4, -0.2) is 31.1 Å². The summed E-state index contributed by atoms with van der Waals surface area (Å²) < 4.78 is 19.3. The molecule has 1 fully saturated rings. The molecule has 3 rings (SSSR count). The first-order valence-electron chi connectivity index (χ1n) is 7.00. The lowest BCUT2D eigenvalue weighted by molar-refractivity contribution is 0.290. The van der Waals surface area contributed by atoms with Gasteiger partial charge in [0, 0.05) is 6.42 Å². The van der Waals surface area contributed by atoms with Gasteiger partial charge >= 0.3 is 0 Å². The maximum atomic E-state index is 13.6. The van der Waals surface area contributed by atoms with E-state index in [2.05, 4.69) is 10.3 Å². The van der Waals surface area contributed by atoms with E-state index in [1.54, 1.807) is 6.07 Å². The van der Waals surface area contributed by atoms with Gasteiger partial charge in [-0.15, -0.1) is 0 Å². The van der Waals surface area contributed by atoms with E-state index in [0.29, 0.717) is 13.0 Å². The standard InChI is InChI=1S/C15H19FN2O/c16-13-6-2-1-5-11(13)9-12-10-19-15(18-12)14-7-3-4-8-17-14/h1-2,5-6,12,14,17H,3-4,7-10H2. The molecule has 0 amide bonds. The molecule has 0 radical (unpaired) electrons. The van der Waals surface area contributed by atoms with Crippen LogP contribution in [0.2, 0.25) is 0 Å². The highest BCUT2D eigenvalue weighted by Gasteiger charge is 2.27. The van der Waals surface area contributed by atoms with Crippen LogP contribution in [0.15, 0.2) is 29.3 Å². The summed E-state index contributed by atoms with van der Waals surface area (Å²) in [5, 5.41) is 3.43. The van der Waals surface area contributed by atoms with Crippen molar-refractivity contribution in [2.24, 2.45) is 4.99 Å². The summed E-state index contributed by atoms with van der Waals surface area (Å²) in [5.74, 6) is 0.669. The normalized spacial score (nSPS) is 26.9. The van der Waals surface area contributed by atoms with Crippen LogP contribution in [0.25, 0.3) is 0 Å². The Morgan fingerprint density at radius 2 is 2.21 bits per heavy atom. The van der Waals surface area contributed by atoms with E-state index in [1.165, 1.54) is 18.9 Å². The highest BCUT2D eigenvalue weighted by Crippen LogP contribution is 2.18. The van der Waals surface area contributed by atoms with E-state index in [1.807, 2.05) is 12.1 Å². The van der Waals surface area contributed by atoms with Gasteiger partial charge < -0.3 is 10.1 Å². The molecule has 3 nitrogen and oxygen atoms in total. The Hall–Kier alpha value is -1.42. The van der Waals surface area contributed by atoms with Gasteiger partial charge in [0.2, 0.25) is 5.90 Å². The summed E-state index contributed by atoms with van der Waals surface area (Å²) in [6, 6.07) is 7.21. The van der Waals surface area contributed by atoms with Gasteiger partial charge in [0.15, 0.2) is 0 Å². The molecule has 1 N–H and O–H groups in total. The van der Waals surface area contributed by atoms with Gasteiger partial charge in [0.25, 0.3) is 0 Å². The monoisotopic (exact) mass is 262 g/mol. The second kappa shape index (κ2) is 5.70. The lowest BCUT2D eigenvalue weighted by Crippen LogP contribution is -2.40. The number of nitrogens with zero attached hydrogens (tertiary/aromatic N) is 1. The van der Waals surface area contributed by atoms with Crippen molar-refractivity contribution in [3.63, 3.8) is 0 Å². The lowest BCUT2D eigenvalue weighted by atomic mass is 10.0. The number of piperidine rings is 1. The molecule has 0 spiro atoms. The zero-order valence-electron chi connectivity index (χ0n) is 10.9. The van der Waals surface area contributed by atoms with E-state index in [-0.39, 0.29) is 17.9 Å². The Morgan fingerprint density at radius 1 is 1.32 bits per heavy atom. The minimum atomic E-state index is -0.151. The molecule has 2 unspecified atom stereocenters. The molecule has 1 aromatic carbocycles. The van der Waals surface area contributed by atoms with E-state index in [4.69, 9.17) is 4.74 Å². The highest BCUT2D eigenvalue weighted by atomic mass is 19.1. The maximum Gasteiger partial charge on any atom is 0.201 e. The summed E-state index contributed by atoms with van der Waals surface area (Å²) in [4.78, 5) is 4.61. The third kappa shape index (κ3) is 2.95. The predicted octanol–water partition coefficient (Wildman–Crippen LogP) is 2.31. The fraction of sp³-hybridized carbons (Fsp3) is 0.533. The average molecular weight is 262 g/mol. The van der Waals surface area contributed by atoms with Crippen LogP contribution in [0, 0.1) is 5.82 Å². The average Bonchev–Trinajstić information content (AvgIpc) is 2.91. The van der Waals surface area contributed by atoms with Crippen LogP contribution in [0.4, 0.5) is 4.39 Å². The van der Waals surface area contributed by atoms with Crippen molar-refractivity contribution >= 4 is 5.90 Å². The van der Waals surface area contributed by atoms with E-state index >= 15 is 0 Å². The molecule has 1 aromatic rings. The third-order valence-electron chi connectivity index (χ3n) is 3.76. The second-order valence-corrected chi connectivity index (χ2v) is 5.23. The lowest BCUT2D eigenvalue weighted by Gasteiger charge is -2.22. The molecule has 2 heterocycles. The Morgan fingerprint density at radius 3 is 3.00 bits per heavy atom. The maximum absolute atomic E-state index is 13.6. The first-order chi connectivity index (χ1) is 9.33. The van der Waals surface area contributed by atoms with E-state index < -0.39 is 0 Å². The Bertz CT molecular complexity index is 469. The molecule has 2 atom stereocenters. The third-order valence-corrected chi connectivity index (χ3v) is 3.76. The smallest absolute Gasteiger partial charge is 0.201 e. The molecule has 2 aliphatic heterocycles. The second-order valence-electron chi connectivity index (χ2n) is 5.23. The predicted molar refractivity (Wildman–Crippen MR) is 72.9 cm³/mol. The molecule has 0 saturated carbocycles. The Balaban J connectivity index is 1.64. The molecular formula is C15H19FN2O. The molecule has 19 heavy (non-hydrogen) atoms.